The van der Waals surface area contributed by atoms with Crippen molar-refractivity contribution in [1.29, 1.82) is 0 Å². The fraction of sp³-hybridized carbons (Fsp3) is 0.304. The molecule has 1 aliphatic heterocycles. The SMILES string of the molecule is O=C(NCc1cccc(OCc2ccccn2)c1)C1CCN(c2cnccn2)CC1. The van der Waals surface area contributed by atoms with Crippen LogP contribution >= 0.6 is 0 Å². The first kappa shape index (κ1) is 19.8. The molecule has 0 bridgehead atoms. The van der Waals surface area contributed by atoms with Crippen molar-refractivity contribution in [3.8, 4) is 5.75 Å². The quantitative estimate of drug-likeness (QED) is 0.653. The molecular weight excluding hydrogens is 378 g/mol. The van der Waals surface area contributed by atoms with Gasteiger partial charge in [0.05, 0.1) is 11.9 Å². The van der Waals surface area contributed by atoms with E-state index in [4.69, 9.17) is 4.74 Å². The molecule has 0 radical (unpaired) electrons. The van der Waals surface area contributed by atoms with Crippen LogP contribution in [0, 0.1) is 5.92 Å². The Bertz CT molecular complexity index is 944. The summed E-state index contributed by atoms with van der Waals surface area (Å²) in [5, 5.41) is 3.07. The topological polar surface area (TPSA) is 80.2 Å². The number of aromatic nitrogens is 3. The predicted octanol–water partition coefficient (Wildman–Crippen LogP) is 2.98. The van der Waals surface area contributed by atoms with Crippen molar-refractivity contribution in [2.75, 3.05) is 18.0 Å². The summed E-state index contributed by atoms with van der Waals surface area (Å²) in [6.07, 6.45) is 8.52. The standard InChI is InChI=1S/C23H25N5O2/c29-23(19-7-12-28(13-8-19)22-16-24-10-11-26-22)27-15-18-4-3-6-21(14-18)30-17-20-5-1-2-9-25-20/h1-6,9-11,14,16,19H,7-8,12-13,15,17H2,(H,27,29). The molecule has 1 saturated heterocycles. The van der Waals surface area contributed by atoms with Crippen molar-refractivity contribution in [2.24, 2.45) is 5.92 Å². The molecule has 0 saturated carbocycles. The molecule has 154 valence electrons. The third-order valence-electron chi connectivity index (χ3n) is 5.22. The molecule has 7 heteroatoms. The molecule has 0 unspecified atom stereocenters. The molecule has 1 N–H and O–H groups in total. The van der Waals surface area contributed by atoms with Gasteiger partial charge in [-0.05, 0) is 42.7 Å². The molecule has 0 atom stereocenters. The summed E-state index contributed by atoms with van der Waals surface area (Å²) >= 11 is 0. The number of anilines is 1. The Hall–Kier alpha value is -3.48. The summed E-state index contributed by atoms with van der Waals surface area (Å²) in [6, 6.07) is 13.6. The van der Waals surface area contributed by atoms with Crippen LogP contribution in [-0.2, 0) is 17.9 Å². The minimum atomic E-state index is 0.0292. The molecule has 2 aromatic heterocycles. The van der Waals surface area contributed by atoms with E-state index in [1.165, 1.54) is 0 Å². The highest BCUT2D eigenvalue weighted by atomic mass is 16.5. The van der Waals surface area contributed by atoms with Crippen LogP contribution in [0.2, 0.25) is 0 Å². The minimum Gasteiger partial charge on any atom is -0.487 e. The molecule has 30 heavy (non-hydrogen) atoms. The monoisotopic (exact) mass is 403 g/mol. The molecule has 4 rings (SSSR count). The van der Waals surface area contributed by atoms with E-state index in [1.54, 1.807) is 24.8 Å². The van der Waals surface area contributed by atoms with Crippen molar-refractivity contribution < 1.29 is 9.53 Å². The number of amides is 1. The molecular formula is C23H25N5O2. The number of carbonyl (C=O) groups is 1. The maximum Gasteiger partial charge on any atom is 0.223 e. The van der Waals surface area contributed by atoms with Crippen LogP contribution in [0.15, 0.2) is 67.3 Å². The molecule has 1 aliphatic rings. The number of pyridine rings is 1. The van der Waals surface area contributed by atoms with E-state index in [2.05, 4.69) is 25.2 Å². The zero-order valence-corrected chi connectivity index (χ0v) is 16.8. The summed E-state index contributed by atoms with van der Waals surface area (Å²) in [5.74, 6) is 1.78. The summed E-state index contributed by atoms with van der Waals surface area (Å²) < 4.78 is 5.82. The second-order valence-corrected chi connectivity index (χ2v) is 7.30. The van der Waals surface area contributed by atoms with Gasteiger partial charge in [-0.15, -0.1) is 0 Å². The maximum atomic E-state index is 12.6. The van der Waals surface area contributed by atoms with E-state index in [-0.39, 0.29) is 11.8 Å². The van der Waals surface area contributed by atoms with E-state index in [0.29, 0.717) is 13.2 Å². The molecule has 3 heterocycles. The molecule has 3 aromatic rings. The van der Waals surface area contributed by atoms with Gasteiger partial charge in [-0.2, -0.15) is 0 Å². The number of nitrogens with one attached hydrogen (secondary N) is 1. The first-order valence-corrected chi connectivity index (χ1v) is 10.2. The number of hydrogen-bond acceptors (Lipinski definition) is 6. The molecule has 1 amide bonds. The Morgan fingerprint density at radius 1 is 1.07 bits per heavy atom. The van der Waals surface area contributed by atoms with Crippen LogP contribution in [-0.4, -0.2) is 33.9 Å². The molecule has 0 aliphatic carbocycles. The van der Waals surface area contributed by atoms with Crippen molar-refractivity contribution >= 4 is 11.7 Å². The van der Waals surface area contributed by atoms with Gasteiger partial charge in [0.1, 0.15) is 18.2 Å². The van der Waals surface area contributed by atoms with Gasteiger partial charge in [0, 0.05) is 44.1 Å². The van der Waals surface area contributed by atoms with Gasteiger partial charge >= 0.3 is 0 Å². The largest absolute Gasteiger partial charge is 0.487 e. The smallest absolute Gasteiger partial charge is 0.223 e. The number of nitrogens with zero attached hydrogens (tertiary/aromatic N) is 4. The van der Waals surface area contributed by atoms with Crippen LogP contribution in [0.1, 0.15) is 24.1 Å². The number of piperidine rings is 1. The maximum absolute atomic E-state index is 12.6. The van der Waals surface area contributed by atoms with Crippen LogP contribution in [0.25, 0.3) is 0 Å². The van der Waals surface area contributed by atoms with Crippen LogP contribution in [0.3, 0.4) is 0 Å². The van der Waals surface area contributed by atoms with Gasteiger partial charge in [-0.1, -0.05) is 18.2 Å². The van der Waals surface area contributed by atoms with E-state index < -0.39 is 0 Å². The lowest BCUT2D eigenvalue weighted by atomic mass is 9.96. The Morgan fingerprint density at radius 2 is 1.97 bits per heavy atom. The fourth-order valence-electron chi connectivity index (χ4n) is 3.54. The Balaban J connectivity index is 1.24. The van der Waals surface area contributed by atoms with Gasteiger partial charge in [0.2, 0.25) is 5.91 Å². The van der Waals surface area contributed by atoms with Gasteiger partial charge in [-0.25, -0.2) is 4.98 Å². The molecule has 0 spiro atoms. The van der Waals surface area contributed by atoms with E-state index >= 15 is 0 Å². The average molecular weight is 403 g/mol. The van der Waals surface area contributed by atoms with E-state index in [1.807, 2.05) is 42.5 Å². The third kappa shape index (κ3) is 5.31. The zero-order valence-electron chi connectivity index (χ0n) is 16.8. The minimum absolute atomic E-state index is 0.0292. The van der Waals surface area contributed by atoms with E-state index in [0.717, 1.165) is 48.8 Å². The van der Waals surface area contributed by atoms with Gasteiger partial charge in [0.25, 0.3) is 0 Å². The van der Waals surface area contributed by atoms with Crippen LogP contribution in [0.4, 0.5) is 5.82 Å². The van der Waals surface area contributed by atoms with Crippen molar-refractivity contribution in [2.45, 2.75) is 26.0 Å². The second kappa shape index (κ2) is 9.82. The summed E-state index contributed by atoms with van der Waals surface area (Å²) in [4.78, 5) is 27.5. The first-order valence-electron chi connectivity index (χ1n) is 10.2. The molecule has 7 nitrogen and oxygen atoms in total. The predicted molar refractivity (Wildman–Crippen MR) is 114 cm³/mol. The molecule has 1 aromatic carbocycles. The normalized spacial score (nSPS) is 14.3. The number of carbonyl (C=O) groups excluding carboxylic acids is 1. The number of benzene rings is 1. The Kier molecular flexibility index (Phi) is 6.49. The summed E-state index contributed by atoms with van der Waals surface area (Å²) in [7, 11) is 0. The number of rotatable bonds is 7. The number of ether oxygens (including phenoxy) is 1. The van der Waals surface area contributed by atoms with Crippen molar-refractivity contribution in [3.05, 3.63) is 78.5 Å². The van der Waals surface area contributed by atoms with E-state index in [9.17, 15) is 4.79 Å². The van der Waals surface area contributed by atoms with Gasteiger partial charge in [-0.3, -0.25) is 14.8 Å². The Morgan fingerprint density at radius 3 is 2.73 bits per heavy atom. The van der Waals surface area contributed by atoms with Crippen molar-refractivity contribution in [3.63, 3.8) is 0 Å². The Labute approximate surface area is 176 Å². The van der Waals surface area contributed by atoms with Crippen LogP contribution in [0.5, 0.6) is 5.75 Å². The fourth-order valence-corrected chi connectivity index (χ4v) is 3.54. The summed E-state index contributed by atoms with van der Waals surface area (Å²) in [6.45, 7) is 2.53. The number of hydrogen-bond donors (Lipinski definition) is 1. The van der Waals surface area contributed by atoms with Gasteiger partial charge < -0.3 is 15.0 Å². The lowest BCUT2D eigenvalue weighted by Crippen LogP contribution is -2.40. The van der Waals surface area contributed by atoms with Crippen LogP contribution < -0.4 is 15.0 Å². The third-order valence-corrected chi connectivity index (χ3v) is 5.22. The zero-order chi connectivity index (χ0) is 20.6. The highest BCUT2D eigenvalue weighted by molar-refractivity contribution is 5.79. The lowest BCUT2D eigenvalue weighted by Gasteiger charge is -2.31. The highest BCUT2D eigenvalue weighted by Gasteiger charge is 2.25. The lowest BCUT2D eigenvalue weighted by molar-refractivity contribution is -0.125. The summed E-state index contributed by atoms with van der Waals surface area (Å²) in [5.41, 5.74) is 1.89. The average Bonchev–Trinajstić information content (AvgIpc) is 2.83. The highest BCUT2D eigenvalue weighted by Crippen LogP contribution is 2.21. The van der Waals surface area contributed by atoms with Gasteiger partial charge in [0.15, 0.2) is 0 Å². The first-order chi connectivity index (χ1) is 14.8. The molecule has 1 fully saturated rings. The van der Waals surface area contributed by atoms with Crippen molar-refractivity contribution in [1.82, 2.24) is 20.3 Å². The second-order valence-electron chi connectivity index (χ2n) is 7.30.